The smallest absolute Gasteiger partial charge is 0.355 e. The highest BCUT2D eigenvalue weighted by Gasteiger charge is 2.37. The number of hydrogen-bond donors (Lipinski definition) is 2. The van der Waals surface area contributed by atoms with Crippen LogP contribution in [0.4, 0.5) is 23.4 Å². The van der Waals surface area contributed by atoms with Gasteiger partial charge in [0.05, 0.1) is 11.5 Å². The molecule has 3 unspecified atom stereocenters. The molecule has 0 saturated carbocycles. The zero-order valence-electron chi connectivity index (χ0n) is 19.7. The van der Waals surface area contributed by atoms with Gasteiger partial charge in [0.2, 0.25) is 5.91 Å². The van der Waals surface area contributed by atoms with E-state index in [1.54, 1.807) is 22.9 Å². The minimum absolute atomic E-state index is 0.0384. The van der Waals surface area contributed by atoms with Crippen molar-refractivity contribution < 1.29 is 22.4 Å². The molecule has 2 aliphatic rings. The zero-order chi connectivity index (χ0) is 25.0. The fourth-order valence-corrected chi connectivity index (χ4v) is 4.99. The largest absolute Gasteiger partial charge is 0.419 e. The Bertz CT molecular complexity index is 1020. The monoisotopic (exact) mass is 493 g/mol. The van der Waals surface area contributed by atoms with Crippen LogP contribution in [0.3, 0.4) is 0 Å². The highest BCUT2D eigenvalue weighted by molar-refractivity contribution is 5.79. The number of anilines is 1. The molecule has 0 radical (unpaired) electrons. The van der Waals surface area contributed by atoms with E-state index in [-0.39, 0.29) is 42.1 Å². The Morgan fingerprint density at radius 2 is 2.06 bits per heavy atom. The van der Waals surface area contributed by atoms with Crippen molar-refractivity contribution in [1.29, 1.82) is 0 Å². The minimum Gasteiger partial charge on any atom is -0.355 e. The lowest BCUT2D eigenvalue weighted by Crippen LogP contribution is -2.44. The molecule has 3 heterocycles. The maximum atomic E-state index is 13.5. The van der Waals surface area contributed by atoms with Gasteiger partial charge in [-0.1, -0.05) is 12.1 Å². The van der Waals surface area contributed by atoms with Crippen molar-refractivity contribution in [2.45, 2.75) is 50.4 Å². The van der Waals surface area contributed by atoms with Crippen LogP contribution in [0.25, 0.3) is 0 Å². The summed E-state index contributed by atoms with van der Waals surface area (Å²) < 4.78 is 53.8. The summed E-state index contributed by atoms with van der Waals surface area (Å²) in [5, 5.41) is 0. The van der Waals surface area contributed by atoms with E-state index in [1.165, 1.54) is 24.4 Å². The van der Waals surface area contributed by atoms with E-state index in [1.807, 2.05) is 6.07 Å². The first-order valence-electron chi connectivity index (χ1n) is 12.0. The van der Waals surface area contributed by atoms with E-state index < -0.39 is 11.7 Å². The fraction of sp³-hybridized carbons (Fsp3) is 0.520. The molecule has 4 rings (SSSR count). The number of carbonyl (C=O) groups is 1. The molecule has 6 nitrogen and oxygen atoms in total. The number of nitrogens with zero attached hydrogens (tertiary/aromatic N) is 3. The van der Waals surface area contributed by atoms with Crippen molar-refractivity contribution in [3.63, 3.8) is 0 Å². The van der Waals surface area contributed by atoms with Gasteiger partial charge in [0.1, 0.15) is 11.6 Å². The van der Waals surface area contributed by atoms with Gasteiger partial charge in [-0.2, -0.15) is 13.2 Å². The average Bonchev–Trinajstić information content (AvgIpc) is 3.32. The number of hydrazine groups is 1. The lowest BCUT2D eigenvalue weighted by Gasteiger charge is -2.35. The Morgan fingerprint density at radius 1 is 1.23 bits per heavy atom. The molecule has 1 amide bonds. The highest BCUT2D eigenvalue weighted by atomic mass is 19.4. The molecule has 2 aromatic rings. The van der Waals surface area contributed by atoms with Crippen molar-refractivity contribution in [2.24, 2.45) is 5.92 Å². The normalized spacial score (nSPS) is 22.9. The van der Waals surface area contributed by atoms with Crippen molar-refractivity contribution in [3.05, 3.63) is 59.5 Å². The summed E-state index contributed by atoms with van der Waals surface area (Å²) in [5.41, 5.74) is 6.59. The molecule has 3 atom stereocenters. The van der Waals surface area contributed by atoms with Gasteiger partial charge in [-0.15, -0.1) is 0 Å². The number of aromatic nitrogens is 1. The molecule has 2 saturated heterocycles. The van der Waals surface area contributed by atoms with Crippen LogP contribution in [-0.2, 0) is 11.0 Å². The maximum Gasteiger partial charge on any atom is 0.419 e. The zero-order valence-corrected chi connectivity index (χ0v) is 19.7. The van der Waals surface area contributed by atoms with E-state index in [9.17, 15) is 22.4 Å². The van der Waals surface area contributed by atoms with Crippen LogP contribution < -0.4 is 15.8 Å². The predicted molar refractivity (Wildman–Crippen MR) is 125 cm³/mol. The van der Waals surface area contributed by atoms with Crippen molar-refractivity contribution in [2.75, 3.05) is 31.6 Å². The number of nitrogens with one attached hydrogen (secondary N) is 2. The first-order chi connectivity index (χ1) is 16.7. The molecule has 2 aliphatic heterocycles. The van der Waals surface area contributed by atoms with Gasteiger partial charge in [-0.25, -0.2) is 9.37 Å². The molecule has 0 bridgehead atoms. The molecule has 0 aliphatic carbocycles. The average molecular weight is 494 g/mol. The summed E-state index contributed by atoms with van der Waals surface area (Å²) in [7, 11) is 1.75. The number of alkyl halides is 3. The van der Waals surface area contributed by atoms with E-state index in [4.69, 9.17) is 0 Å². The summed E-state index contributed by atoms with van der Waals surface area (Å²) in [4.78, 5) is 20.3. The number of rotatable bonds is 7. The SMILES string of the molecule is CN(CCCC1CC(c2cccc(F)c2)NN1)C(=O)C1CCCN(c2ncccc2C(F)(F)F)C1. The molecule has 1 aromatic carbocycles. The van der Waals surface area contributed by atoms with Gasteiger partial charge < -0.3 is 9.80 Å². The molecule has 35 heavy (non-hydrogen) atoms. The summed E-state index contributed by atoms with van der Waals surface area (Å²) in [6.45, 7) is 1.24. The Morgan fingerprint density at radius 3 is 2.83 bits per heavy atom. The maximum absolute atomic E-state index is 13.5. The number of hydrogen-bond acceptors (Lipinski definition) is 5. The van der Waals surface area contributed by atoms with Crippen LogP contribution in [0, 0.1) is 11.7 Å². The summed E-state index contributed by atoms with van der Waals surface area (Å²) in [6.07, 6.45) is 0.600. The second kappa shape index (κ2) is 10.9. The number of benzene rings is 1. The number of piperidine rings is 1. The summed E-state index contributed by atoms with van der Waals surface area (Å²) in [5.74, 6) is -0.769. The molecule has 10 heteroatoms. The summed E-state index contributed by atoms with van der Waals surface area (Å²) >= 11 is 0. The van der Waals surface area contributed by atoms with Crippen LogP contribution >= 0.6 is 0 Å². The summed E-state index contributed by atoms with van der Waals surface area (Å²) in [6, 6.07) is 9.11. The van der Waals surface area contributed by atoms with Crippen molar-refractivity contribution in [3.8, 4) is 0 Å². The van der Waals surface area contributed by atoms with Crippen molar-refractivity contribution in [1.82, 2.24) is 20.7 Å². The molecule has 1 aromatic heterocycles. The van der Waals surface area contributed by atoms with E-state index in [0.717, 1.165) is 30.9 Å². The third-order valence-corrected chi connectivity index (χ3v) is 6.82. The predicted octanol–water partition coefficient (Wildman–Crippen LogP) is 4.30. The number of pyridine rings is 1. The van der Waals surface area contributed by atoms with Gasteiger partial charge in [0.15, 0.2) is 0 Å². The van der Waals surface area contributed by atoms with Crippen LogP contribution in [0.2, 0.25) is 0 Å². The Kier molecular flexibility index (Phi) is 7.91. The quantitative estimate of drug-likeness (QED) is 0.564. The second-order valence-corrected chi connectivity index (χ2v) is 9.39. The number of carbonyl (C=O) groups excluding carboxylic acids is 1. The fourth-order valence-electron chi connectivity index (χ4n) is 4.99. The standard InChI is InChI=1S/C25H31F4N5O/c1-33(12-5-9-20-15-22(32-31-20)17-6-2-8-19(26)14-17)24(35)18-7-4-13-34(16-18)23-21(25(27,28)29)10-3-11-30-23/h2-3,6,8,10-11,14,18,20,22,31-32H,4-5,7,9,12-13,15-16H2,1H3. The number of halogens is 4. The van der Waals surface area contributed by atoms with Crippen molar-refractivity contribution >= 4 is 11.7 Å². The minimum atomic E-state index is -4.49. The third kappa shape index (κ3) is 6.29. The van der Waals surface area contributed by atoms with E-state index in [0.29, 0.717) is 25.9 Å². The first kappa shape index (κ1) is 25.4. The first-order valence-corrected chi connectivity index (χ1v) is 12.0. The third-order valence-electron chi connectivity index (χ3n) is 6.82. The van der Waals surface area contributed by atoms with Gasteiger partial charge in [-0.05, 0) is 61.9 Å². The lowest BCUT2D eigenvalue weighted by molar-refractivity contribution is -0.137. The molecule has 190 valence electrons. The molecule has 2 fully saturated rings. The number of amides is 1. The van der Waals surface area contributed by atoms with Gasteiger partial charge in [0, 0.05) is 45.0 Å². The van der Waals surface area contributed by atoms with Gasteiger partial charge in [-0.3, -0.25) is 15.6 Å². The molecule has 2 N–H and O–H groups in total. The highest BCUT2D eigenvalue weighted by Crippen LogP contribution is 2.36. The van der Waals surface area contributed by atoms with Crippen LogP contribution in [0.5, 0.6) is 0 Å². The van der Waals surface area contributed by atoms with E-state index >= 15 is 0 Å². The van der Waals surface area contributed by atoms with Crippen LogP contribution in [-0.4, -0.2) is 48.5 Å². The Hall–Kier alpha value is -2.72. The second-order valence-electron chi connectivity index (χ2n) is 9.39. The van der Waals surface area contributed by atoms with E-state index in [2.05, 4.69) is 15.8 Å². The lowest BCUT2D eigenvalue weighted by atomic mass is 9.96. The Labute approximate surface area is 202 Å². The van der Waals surface area contributed by atoms with Crippen LogP contribution in [0.1, 0.15) is 49.3 Å². The molecular formula is C25H31F4N5O. The topological polar surface area (TPSA) is 60.5 Å². The van der Waals surface area contributed by atoms with Crippen LogP contribution in [0.15, 0.2) is 42.6 Å². The van der Waals surface area contributed by atoms with Gasteiger partial charge >= 0.3 is 6.18 Å². The van der Waals surface area contributed by atoms with Gasteiger partial charge in [0.25, 0.3) is 0 Å². The Balaban J connectivity index is 1.26. The molecular weight excluding hydrogens is 462 g/mol. The molecule has 0 spiro atoms.